The van der Waals surface area contributed by atoms with Crippen molar-refractivity contribution >= 4 is 5.91 Å². The van der Waals surface area contributed by atoms with Gasteiger partial charge < -0.3 is 15.2 Å². The normalized spacial score (nSPS) is 24.3. The van der Waals surface area contributed by atoms with Crippen molar-refractivity contribution in [2.24, 2.45) is 11.7 Å². The predicted octanol–water partition coefficient (Wildman–Crippen LogP) is 1.10. The minimum absolute atomic E-state index is 0.0461. The molecule has 0 spiro atoms. The molecule has 2 atom stereocenters. The van der Waals surface area contributed by atoms with Crippen LogP contribution in [-0.4, -0.2) is 39.5 Å². The van der Waals surface area contributed by atoms with E-state index in [0.29, 0.717) is 30.7 Å². The SMILES string of the molecule is CC1CCC(C)N(C(=O)c2cn(CCN)cn2)C1. The van der Waals surface area contributed by atoms with E-state index in [1.807, 2.05) is 9.47 Å². The molecule has 1 aromatic heterocycles. The van der Waals surface area contributed by atoms with E-state index in [1.165, 1.54) is 6.42 Å². The van der Waals surface area contributed by atoms with Gasteiger partial charge in [0.15, 0.2) is 0 Å². The third-order valence-electron chi connectivity index (χ3n) is 3.62. The molecule has 0 saturated carbocycles. The van der Waals surface area contributed by atoms with Crippen LogP contribution in [0.25, 0.3) is 0 Å². The van der Waals surface area contributed by atoms with E-state index in [-0.39, 0.29) is 5.91 Å². The molecule has 1 aromatic rings. The number of carbonyl (C=O) groups excluding carboxylic acids is 1. The van der Waals surface area contributed by atoms with Gasteiger partial charge in [0.05, 0.1) is 6.33 Å². The number of nitrogens with zero attached hydrogens (tertiary/aromatic N) is 3. The van der Waals surface area contributed by atoms with Crippen molar-refractivity contribution in [2.75, 3.05) is 13.1 Å². The molecule has 18 heavy (non-hydrogen) atoms. The van der Waals surface area contributed by atoms with Gasteiger partial charge in [-0.05, 0) is 25.7 Å². The molecule has 1 saturated heterocycles. The van der Waals surface area contributed by atoms with Crippen LogP contribution in [0.1, 0.15) is 37.2 Å². The molecule has 0 aromatic carbocycles. The molecule has 5 nitrogen and oxygen atoms in total. The molecule has 0 radical (unpaired) electrons. The lowest BCUT2D eigenvalue weighted by Gasteiger charge is -2.36. The quantitative estimate of drug-likeness (QED) is 0.873. The minimum Gasteiger partial charge on any atom is -0.335 e. The second-order valence-corrected chi connectivity index (χ2v) is 5.27. The predicted molar refractivity (Wildman–Crippen MR) is 70.2 cm³/mol. The van der Waals surface area contributed by atoms with Crippen molar-refractivity contribution in [3.63, 3.8) is 0 Å². The van der Waals surface area contributed by atoms with E-state index >= 15 is 0 Å². The van der Waals surface area contributed by atoms with Gasteiger partial charge in [-0.3, -0.25) is 4.79 Å². The maximum Gasteiger partial charge on any atom is 0.274 e. The first-order chi connectivity index (χ1) is 8.61. The lowest BCUT2D eigenvalue weighted by Crippen LogP contribution is -2.45. The van der Waals surface area contributed by atoms with Crippen molar-refractivity contribution < 1.29 is 4.79 Å². The second kappa shape index (κ2) is 5.52. The lowest BCUT2D eigenvalue weighted by molar-refractivity contribution is 0.0568. The average molecular weight is 250 g/mol. The Morgan fingerprint density at radius 3 is 3.00 bits per heavy atom. The van der Waals surface area contributed by atoms with Gasteiger partial charge >= 0.3 is 0 Å². The molecule has 1 amide bonds. The lowest BCUT2D eigenvalue weighted by atomic mass is 9.95. The first kappa shape index (κ1) is 13.1. The van der Waals surface area contributed by atoms with Crippen LogP contribution in [0.4, 0.5) is 0 Å². The van der Waals surface area contributed by atoms with Gasteiger partial charge in [-0.25, -0.2) is 4.98 Å². The van der Waals surface area contributed by atoms with Gasteiger partial charge in [-0.2, -0.15) is 0 Å². The Hall–Kier alpha value is -1.36. The van der Waals surface area contributed by atoms with Gasteiger partial charge in [-0.15, -0.1) is 0 Å². The van der Waals surface area contributed by atoms with Crippen LogP contribution in [0.3, 0.4) is 0 Å². The molecule has 2 heterocycles. The summed E-state index contributed by atoms with van der Waals surface area (Å²) in [4.78, 5) is 18.5. The highest BCUT2D eigenvalue weighted by molar-refractivity contribution is 5.92. The number of hydrogen-bond acceptors (Lipinski definition) is 3. The molecular formula is C13H22N4O. The fourth-order valence-corrected chi connectivity index (χ4v) is 2.46. The van der Waals surface area contributed by atoms with Crippen molar-refractivity contribution in [1.29, 1.82) is 0 Å². The van der Waals surface area contributed by atoms with Crippen LogP contribution in [0, 0.1) is 5.92 Å². The number of carbonyl (C=O) groups is 1. The Morgan fingerprint density at radius 1 is 1.50 bits per heavy atom. The van der Waals surface area contributed by atoms with Crippen LogP contribution in [0.5, 0.6) is 0 Å². The highest BCUT2D eigenvalue weighted by Gasteiger charge is 2.28. The van der Waals surface area contributed by atoms with E-state index < -0.39 is 0 Å². The summed E-state index contributed by atoms with van der Waals surface area (Å²) in [5, 5.41) is 0. The zero-order valence-corrected chi connectivity index (χ0v) is 11.2. The number of aromatic nitrogens is 2. The van der Waals surface area contributed by atoms with Crippen LogP contribution in [0.2, 0.25) is 0 Å². The summed E-state index contributed by atoms with van der Waals surface area (Å²) < 4.78 is 1.87. The highest BCUT2D eigenvalue weighted by atomic mass is 16.2. The number of imidazole rings is 1. The van der Waals surface area contributed by atoms with Gasteiger partial charge in [0.25, 0.3) is 5.91 Å². The Morgan fingerprint density at radius 2 is 2.28 bits per heavy atom. The summed E-state index contributed by atoms with van der Waals surface area (Å²) in [7, 11) is 0. The number of amides is 1. The molecule has 5 heteroatoms. The largest absolute Gasteiger partial charge is 0.335 e. The molecule has 2 N–H and O–H groups in total. The number of piperidine rings is 1. The Kier molecular flexibility index (Phi) is 4.01. The Bertz CT molecular complexity index is 415. The van der Waals surface area contributed by atoms with Crippen LogP contribution in [-0.2, 0) is 6.54 Å². The third-order valence-corrected chi connectivity index (χ3v) is 3.62. The minimum atomic E-state index is 0.0461. The smallest absolute Gasteiger partial charge is 0.274 e. The van der Waals surface area contributed by atoms with Crippen molar-refractivity contribution in [2.45, 2.75) is 39.3 Å². The average Bonchev–Trinajstić information content (AvgIpc) is 2.80. The molecule has 2 rings (SSSR count). The maximum absolute atomic E-state index is 12.4. The number of rotatable bonds is 3. The van der Waals surface area contributed by atoms with Gasteiger partial charge in [-0.1, -0.05) is 6.92 Å². The molecule has 1 fully saturated rings. The zero-order chi connectivity index (χ0) is 13.1. The summed E-state index contributed by atoms with van der Waals surface area (Å²) in [5.74, 6) is 0.626. The molecular weight excluding hydrogens is 228 g/mol. The van der Waals surface area contributed by atoms with Crippen LogP contribution in [0.15, 0.2) is 12.5 Å². The topological polar surface area (TPSA) is 64.2 Å². The number of hydrogen-bond donors (Lipinski definition) is 1. The number of likely N-dealkylation sites (tertiary alicyclic amines) is 1. The highest BCUT2D eigenvalue weighted by Crippen LogP contribution is 2.22. The molecule has 100 valence electrons. The van der Waals surface area contributed by atoms with Gasteiger partial charge in [0, 0.05) is 31.9 Å². The van der Waals surface area contributed by atoms with Crippen molar-refractivity contribution in [1.82, 2.24) is 14.5 Å². The summed E-state index contributed by atoms with van der Waals surface area (Å²) in [6.07, 6.45) is 5.75. The maximum atomic E-state index is 12.4. The van der Waals surface area contributed by atoms with Crippen LogP contribution < -0.4 is 5.73 Å². The van der Waals surface area contributed by atoms with Gasteiger partial charge in [0.2, 0.25) is 0 Å². The standard InChI is InChI=1S/C13H22N4O/c1-10-3-4-11(2)17(7-10)13(18)12-8-16(6-5-14)9-15-12/h8-11H,3-7,14H2,1-2H3. The summed E-state index contributed by atoms with van der Waals surface area (Å²) >= 11 is 0. The first-order valence-corrected chi connectivity index (χ1v) is 6.64. The molecule has 0 bridgehead atoms. The monoisotopic (exact) mass is 250 g/mol. The second-order valence-electron chi connectivity index (χ2n) is 5.27. The van der Waals surface area contributed by atoms with E-state index in [4.69, 9.17) is 5.73 Å². The summed E-state index contributed by atoms with van der Waals surface area (Å²) in [6.45, 7) is 6.40. The van der Waals surface area contributed by atoms with Crippen molar-refractivity contribution in [3.05, 3.63) is 18.2 Å². The van der Waals surface area contributed by atoms with E-state index in [1.54, 1.807) is 12.5 Å². The van der Waals surface area contributed by atoms with E-state index in [9.17, 15) is 4.79 Å². The molecule has 0 aliphatic carbocycles. The van der Waals surface area contributed by atoms with Crippen LogP contribution >= 0.6 is 0 Å². The van der Waals surface area contributed by atoms with Gasteiger partial charge in [0.1, 0.15) is 5.69 Å². The fourth-order valence-electron chi connectivity index (χ4n) is 2.46. The van der Waals surface area contributed by atoms with E-state index in [0.717, 1.165) is 13.0 Å². The van der Waals surface area contributed by atoms with E-state index in [2.05, 4.69) is 18.8 Å². The molecule has 2 unspecified atom stereocenters. The first-order valence-electron chi connectivity index (χ1n) is 6.64. The molecule has 1 aliphatic rings. The summed E-state index contributed by atoms with van der Waals surface area (Å²) in [5.41, 5.74) is 6.02. The Balaban J connectivity index is 2.09. The molecule has 1 aliphatic heterocycles. The zero-order valence-electron chi connectivity index (χ0n) is 11.2. The fraction of sp³-hybridized carbons (Fsp3) is 0.692. The Labute approximate surface area is 108 Å². The number of nitrogens with two attached hydrogens (primary N) is 1. The van der Waals surface area contributed by atoms with Crippen molar-refractivity contribution in [3.8, 4) is 0 Å². The summed E-state index contributed by atoms with van der Waals surface area (Å²) in [6, 6.07) is 0.313. The third kappa shape index (κ3) is 2.72.